The van der Waals surface area contributed by atoms with E-state index in [1.165, 1.54) is 18.3 Å². The Kier molecular flexibility index (Phi) is 4.34. The van der Waals surface area contributed by atoms with E-state index in [4.69, 9.17) is 0 Å². The van der Waals surface area contributed by atoms with Crippen LogP contribution >= 0.6 is 0 Å². The van der Waals surface area contributed by atoms with Crippen molar-refractivity contribution in [2.45, 2.75) is 13.1 Å². The zero-order valence-corrected chi connectivity index (χ0v) is 15.1. The van der Waals surface area contributed by atoms with Crippen molar-refractivity contribution < 1.29 is 18.1 Å². The van der Waals surface area contributed by atoms with Gasteiger partial charge in [0.15, 0.2) is 5.69 Å². The van der Waals surface area contributed by atoms with Crippen LogP contribution in [0.3, 0.4) is 0 Å². The minimum absolute atomic E-state index is 0.126. The van der Waals surface area contributed by atoms with E-state index in [1.54, 1.807) is 48.5 Å². The lowest BCUT2D eigenvalue weighted by atomic mass is 9.98. The van der Waals surface area contributed by atoms with E-state index in [-0.39, 0.29) is 22.2 Å². The van der Waals surface area contributed by atoms with E-state index in [0.717, 1.165) is 10.2 Å². The van der Waals surface area contributed by atoms with Crippen LogP contribution in [0.2, 0.25) is 0 Å². The Morgan fingerprint density at radius 2 is 1.66 bits per heavy atom. The second-order valence-electron chi connectivity index (χ2n) is 6.61. The van der Waals surface area contributed by atoms with Crippen LogP contribution in [-0.4, -0.2) is 14.7 Å². The van der Waals surface area contributed by atoms with E-state index in [0.29, 0.717) is 11.1 Å². The zero-order valence-electron chi connectivity index (χ0n) is 15.1. The van der Waals surface area contributed by atoms with Crippen LogP contribution in [0.25, 0.3) is 27.6 Å². The first-order chi connectivity index (χ1) is 13.8. The number of alkyl halides is 3. The summed E-state index contributed by atoms with van der Waals surface area (Å²) in [5, 5.41) is 16.3. The molecule has 5 nitrogen and oxygen atoms in total. The number of nitrogens with zero attached hydrogens (tertiary/aromatic N) is 3. The van der Waals surface area contributed by atoms with Crippen molar-refractivity contribution in [2.24, 2.45) is 0 Å². The molecule has 0 aliphatic carbocycles. The summed E-state index contributed by atoms with van der Waals surface area (Å²) in [7, 11) is 0. The van der Waals surface area contributed by atoms with Gasteiger partial charge in [0.05, 0.1) is 21.6 Å². The van der Waals surface area contributed by atoms with Crippen molar-refractivity contribution in [3.63, 3.8) is 0 Å². The monoisotopic (exact) mass is 397 g/mol. The van der Waals surface area contributed by atoms with E-state index >= 15 is 0 Å². The molecule has 0 saturated heterocycles. The quantitative estimate of drug-likeness (QED) is 0.318. The van der Waals surface area contributed by atoms with Crippen molar-refractivity contribution in [1.29, 1.82) is 0 Å². The first kappa shape index (κ1) is 18.7. The fraction of sp³-hybridized carbons (Fsp3) is 0.0952. The lowest BCUT2D eigenvalue weighted by Gasteiger charge is -2.08. The summed E-state index contributed by atoms with van der Waals surface area (Å²) in [6, 6.07) is 16.2. The summed E-state index contributed by atoms with van der Waals surface area (Å²) in [5.74, 6) is 0. The normalized spacial score (nSPS) is 11.7. The number of hydrogen-bond acceptors (Lipinski definition) is 3. The summed E-state index contributed by atoms with van der Waals surface area (Å²) >= 11 is 0. The molecule has 0 aliphatic rings. The second-order valence-corrected chi connectivity index (χ2v) is 6.61. The molecule has 8 heteroatoms. The van der Waals surface area contributed by atoms with Gasteiger partial charge >= 0.3 is 6.18 Å². The number of rotatable bonds is 3. The van der Waals surface area contributed by atoms with E-state index < -0.39 is 16.8 Å². The minimum atomic E-state index is -4.77. The zero-order chi connectivity index (χ0) is 20.8. The lowest BCUT2D eigenvalue weighted by molar-refractivity contribution is -0.382. The van der Waals surface area contributed by atoms with Gasteiger partial charge in [-0.05, 0) is 36.6 Å². The highest BCUT2D eigenvalue weighted by atomic mass is 19.4. The lowest BCUT2D eigenvalue weighted by Crippen LogP contribution is -2.09. The first-order valence-electron chi connectivity index (χ1n) is 8.66. The number of hydrogen-bond donors (Lipinski definition) is 0. The van der Waals surface area contributed by atoms with Gasteiger partial charge in [0.2, 0.25) is 0 Å². The van der Waals surface area contributed by atoms with Crippen LogP contribution in [0.4, 0.5) is 18.9 Å². The molecule has 4 aromatic rings. The molecule has 3 aromatic carbocycles. The molecule has 0 radical (unpaired) electrons. The third kappa shape index (κ3) is 3.33. The molecule has 0 saturated carbocycles. The van der Waals surface area contributed by atoms with Gasteiger partial charge in [-0.2, -0.15) is 18.3 Å². The van der Waals surface area contributed by atoms with Gasteiger partial charge in [-0.3, -0.25) is 10.1 Å². The van der Waals surface area contributed by atoms with Gasteiger partial charge in [0, 0.05) is 11.8 Å². The van der Waals surface area contributed by atoms with Gasteiger partial charge in [-0.15, -0.1) is 0 Å². The Hall–Kier alpha value is -3.68. The predicted molar refractivity (Wildman–Crippen MR) is 103 cm³/mol. The van der Waals surface area contributed by atoms with Crippen molar-refractivity contribution in [3.05, 3.63) is 88.2 Å². The third-order valence-electron chi connectivity index (χ3n) is 4.65. The Morgan fingerprint density at radius 1 is 0.966 bits per heavy atom. The van der Waals surface area contributed by atoms with Crippen LogP contribution in [0.1, 0.15) is 11.3 Å². The summed E-state index contributed by atoms with van der Waals surface area (Å²) in [6.45, 7) is 1.86. The molecular formula is C21H14F3N3O2. The van der Waals surface area contributed by atoms with E-state index in [1.807, 2.05) is 6.92 Å². The maximum absolute atomic E-state index is 13.7. The molecule has 0 atom stereocenters. The molecule has 0 spiro atoms. The average molecular weight is 397 g/mol. The molecular weight excluding hydrogens is 383 g/mol. The number of nitro benzene ring substituents is 1. The molecule has 0 amide bonds. The number of aryl methyl sites for hydroxylation is 1. The third-order valence-corrected chi connectivity index (χ3v) is 4.65. The van der Waals surface area contributed by atoms with Crippen LogP contribution in [0, 0.1) is 17.0 Å². The van der Waals surface area contributed by atoms with Gasteiger partial charge in [0.25, 0.3) is 5.69 Å². The Bertz CT molecular complexity index is 1230. The average Bonchev–Trinajstić information content (AvgIpc) is 3.13. The SMILES string of the molecule is Cc1ccc(-n2cc(-c3ccc4ccccc4c3[N+](=O)[O-])c(C(F)(F)F)n2)cc1. The maximum Gasteiger partial charge on any atom is 0.435 e. The molecule has 0 bridgehead atoms. The molecule has 0 fully saturated rings. The summed E-state index contributed by atoms with van der Waals surface area (Å²) in [6.07, 6.45) is -3.59. The highest BCUT2D eigenvalue weighted by molar-refractivity contribution is 5.98. The summed E-state index contributed by atoms with van der Waals surface area (Å²) in [4.78, 5) is 11.1. The largest absolute Gasteiger partial charge is 0.435 e. The van der Waals surface area contributed by atoms with Crippen molar-refractivity contribution in [2.75, 3.05) is 0 Å². The summed E-state index contributed by atoms with van der Waals surface area (Å²) < 4.78 is 42.3. The predicted octanol–water partition coefficient (Wildman–Crippen LogP) is 5.93. The van der Waals surface area contributed by atoms with E-state index in [2.05, 4.69) is 5.10 Å². The second kappa shape index (κ2) is 6.73. The molecule has 4 rings (SSSR count). The summed E-state index contributed by atoms with van der Waals surface area (Å²) in [5.41, 5.74) is -0.637. The molecule has 1 aromatic heterocycles. The van der Waals surface area contributed by atoms with E-state index in [9.17, 15) is 23.3 Å². The maximum atomic E-state index is 13.7. The Balaban J connectivity index is 2.01. The van der Waals surface area contributed by atoms with Crippen molar-refractivity contribution in [3.8, 4) is 16.8 Å². The van der Waals surface area contributed by atoms with Gasteiger partial charge < -0.3 is 0 Å². The number of nitro groups is 1. The standard InChI is InChI=1S/C21H14F3N3O2/c1-13-6-9-15(10-7-13)26-12-18(20(25-26)21(22,23)24)17-11-8-14-4-2-3-5-16(14)19(17)27(28)29/h2-12H,1H3. The van der Waals surface area contributed by atoms with Crippen LogP contribution in [0.15, 0.2) is 66.9 Å². The van der Waals surface area contributed by atoms with Crippen molar-refractivity contribution in [1.82, 2.24) is 9.78 Å². The molecule has 29 heavy (non-hydrogen) atoms. The molecule has 1 heterocycles. The highest BCUT2D eigenvalue weighted by Crippen LogP contribution is 2.42. The Morgan fingerprint density at radius 3 is 2.31 bits per heavy atom. The molecule has 0 aliphatic heterocycles. The van der Waals surface area contributed by atoms with Gasteiger partial charge in [0.1, 0.15) is 0 Å². The minimum Gasteiger partial charge on any atom is -0.258 e. The topological polar surface area (TPSA) is 61.0 Å². The molecule has 0 unspecified atom stereocenters. The van der Waals surface area contributed by atoms with Gasteiger partial charge in [-0.1, -0.05) is 42.0 Å². The van der Waals surface area contributed by atoms with Crippen LogP contribution < -0.4 is 0 Å². The number of halogens is 3. The number of fused-ring (bicyclic) bond motifs is 1. The first-order valence-corrected chi connectivity index (χ1v) is 8.66. The van der Waals surface area contributed by atoms with Crippen LogP contribution in [0.5, 0.6) is 0 Å². The molecule has 0 N–H and O–H groups in total. The number of aromatic nitrogens is 2. The smallest absolute Gasteiger partial charge is 0.258 e. The molecule has 146 valence electrons. The highest BCUT2D eigenvalue weighted by Gasteiger charge is 2.39. The fourth-order valence-corrected chi connectivity index (χ4v) is 3.28. The Labute approximate surface area is 163 Å². The van der Waals surface area contributed by atoms with Crippen LogP contribution in [-0.2, 0) is 6.18 Å². The fourth-order valence-electron chi connectivity index (χ4n) is 3.28. The van der Waals surface area contributed by atoms with Gasteiger partial charge in [-0.25, -0.2) is 4.68 Å². The van der Waals surface area contributed by atoms with Crippen molar-refractivity contribution >= 4 is 16.5 Å². The number of benzene rings is 3.